The van der Waals surface area contributed by atoms with Crippen molar-refractivity contribution in [1.82, 2.24) is 4.98 Å². The number of benzene rings is 1. The number of carbonyl (C=O) groups excluding carboxylic acids is 1. The normalized spacial score (nSPS) is 10.1. The molecule has 1 heterocycles. The van der Waals surface area contributed by atoms with Crippen molar-refractivity contribution >= 4 is 5.78 Å². The minimum Gasteiger partial charge on any atom is -0.293 e. The van der Waals surface area contributed by atoms with Gasteiger partial charge in [0.1, 0.15) is 11.5 Å². The lowest BCUT2D eigenvalue weighted by Crippen LogP contribution is -1.96. The molecule has 0 aliphatic rings. The van der Waals surface area contributed by atoms with Crippen molar-refractivity contribution in [3.05, 3.63) is 54.1 Å². The summed E-state index contributed by atoms with van der Waals surface area (Å²) in [5.41, 5.74) is 1.55. The molecule has 3 heteroatoms. The van der Waals surface area contributed by atoms with E-state index in [4.69, 9.17) is 0 Å². The van der Waals surface area contributed by atoms with Crippen LogP contribution in [0.1, 0.15) is 17.4 Å². The van der Waals surface area contributed by atoms with Gasteiger partial charge in [0, 0.05) is 24.2 Å². The van der Waals surface area contributed by atoms with Gasteiger partial charge in [-0.2, -0.15) is 0 Å². The van der Waals surface area contributed by atoms with Crippen molar-refractivity contribution in [3.8, 4) is 11.1 Å². The molecule has 0 atom stereocenters. The number of ketones is 1. The summed E-state index contributed by atoms with van der Waals surface area (Å²) in [7, 11) is 0. The number of rotatable bonds is 2. The van der Waals surface area contributed by atoms with Crippen molar-refractivity contribution in [1.29, 1.82) is 0 Å². The average molecular weight is 215 g/mol. The van der Waals surface area contributed by atoms with Crippen LogP contribution < -0.4 is 0 Å². The summed E-state index contributed by atoms with van der Waals surface area (Å²) >= 11 is 0. The van der Waals surface area contributed by atoms with E-state index in [0.29, 0.717) is 16.8 Å². The minimum atomic E-state index is -0.292. The second kappa shape index (κ2) is 4.23. The highest BCUT2D eigenvalue weighted by Gasteiger charge is 2.05. The smallest absolute Gasteiger partial charge is 0.178 e. The van der Waals surface area contributed by atoms with Crippen LogP contribution in [0.3, 0.4) is 0 Å². The topological polar surface area (TPSA) is 30.0 Å². The number of halogens is 1. The van der Waals surface area contributed by atoms with Gasteiger partial charge in [0.2, 0.25) is 0 Å². The molecule has 0 aliphatic carbocycles. The van der Waals surface area contributed by atoms with E-state index in [-0.39, 0.29) is 11.6 Å². The molecule has 0 saturated carbocycles. The van der Waals surface area contributed by atoms with E-state index in [2.05, 4.69) is 4.98 Å². The zero-order valence-corrected chi connectivity index (χ0v) is 8.77. The lowest BCUT2D eigenvalue weighted by Gasteiger charge is -2.03. The molecular formula is C13H10FNO. The first kappa shape index (κ1) is 10.5. The molecule has 16 heavy (non-hydrogen) atoms. The SMILES string of the molecule is CC(=O)c1ccc(-c2ccccc2F)cn1. The Morgan fingerprint density at radius 2 is 1.94 bits per heavy atom. The maximum atomic E-state index is 13.4. The highest BCUT2D eigenvalue weighted by molar-refractivity contribution is 5.92. The van der Waals surface area contributed by atoms with Crippen molar-refractivity contribution in [2.45, 2.75) is 6.92 Å². The maximum absolute atomic E-state index is 13.4. The monoisotopic (exact) mass is 215 g/mol. The first-order valence-corrected chi connectivity index (χ1v) is 4.90. The molecule has 0 amide bonds. The standard InChI is InChI=1S/C13H10FNO/c1-9(16)13-7-6-10(8-15-13)11-4-2-3-5-12(11)14/h2-8H,1H3. The summed E-state index contributed by atoms with van der Waals surface area (Å²) in [6.07, 6.45) is 1.51. The molecular weight excluding hydrogens is 205 g/mol. The van der Waals surface area contributed by atoms with Crippen LogP contribution in [0.25, 0.3) is 11.1 Å². The molecule has 2 nitrogen and oxygen atoms in total. The number of Topliss-reactive ketones (excluding diaryl/α,β-unsaturated/α-hetero) is 1. The van der Waals surface area contributed by atoms with E-state index < -0.39 is 0 Å². The van der Waals surface area contributed by atoms with E-state index in [9.17, 15) is 9.18 Å². The number of carbonyl (C=O) groups is 1. The fourth-order valence-corrected chi connectivity index (χ4v) is 1.46. The van der Waals surface area contributed by atoms with Crippen molar-refractivity contribution in [2.75, 3.05) is 0 Å². The molecule has 1 aromatic carbocycles. The van der Waals surface area contributed by atoms with Crippen LogP contribution in [0.2, 0.25) is 0 Å². The summed E-state index contributed by atoms with van der Waals surface area (Å²) in [4.78, 5) is 15.0. The van der Waals surface area contributed by atoms with Crippen LogP contribution in [0.15, 0.2) is 42.6 Å². The molecule has 2 rings (SSSR count). The fourth-order valence-electron chi connectivity index (χ4n) is 1.46. The molecule has 0 spiro atoms. The average Bonchev–Trinajstić information content (AvgIpc) is 2.30. The predicted octanol–water partition coefficient (Wildman–Crippen LogP) is 3.09. The summed E-state index contributed by atoms with van der Waals surface area (Å²) < 4.78 is 13.4. The van der Waals surface area contributed by atoms with Gasteiger partial charge in [-0.05, 0) is 12.1 Å². The van der Waals surface area contributed by atoms with Gasteiger partial charge in [-0.25, -0.2) is 4.39 Å². The molecule has 0 bridgehead atoms. The summed E-state index contributed by atoms with van der Waals surface area (Å²) in [5.74, 6) is -0.389. The van der Waals surface area contributed by atoms with Crippen LogP contribution >= 0.6 is 0 Å². The van der Waals surface area contributed by atoms with E-state index in [1.54, 1.807) is 30.3 Å². The van der Waals surface area contributed by atoms with Gasteiger partial charge in [-0.15, -0.1) is 0 Å². The third-order valence-electron chi connectivity index (χ3n) is 2.31. The Kier molecular flexibility index (Phi) is 2.77. The predicted molar refractivity (Wildman–Crippen MR) is 59.6 cm³/mol. The number of aromatic nitrogens is 1. The van der Waals surface area contributed by atoms with Gasteiger partial charge in [0.25, 0.3) is 0 Å². The summed E-state index contributed by atoms with van der Waals surface area (Å²) in [6.45, 7) is 1.45. The largest absolute Gasteiger partial charge is 0.293 e. The molecule has 0 radical (unpaired) electrons. The fraction of sp³-hybridized carbons (Fsp3) is 0.0769. The van der Waals surface area contributed by atoms with Crippen molar-refractivity contribution in [2.24, 2.45) is 0 Å². The zero-order chi connectivity index (χ0) is 11.5. The zero-order valence-electron chi connectivity index (χ0n) is 8.77. The Labute approximate surface area is 92.8 Å². The minimum absolute atomic E-state index is 0.0971. The first-order chi connectivity index (χ1) is 7.68. The van der Waals surface area contributed by atoms with Gasteiger partial charge < -0.3 is 0 Å². The van der Waals surface area contributed by atoms with Crippen LogP contribution in [0, 0.1) is 5.82 Å². The maximum Gasteiger partial charge on any atom is 0.178 e. The number of hydrogen-bond donors (Lipinski definition) is 0. The Hall–Kier alpha value is -2.03. The number of hydrogen-bond acceptors (Lipinski definition) is 2. The molecule has 0 fully saturated rings. The first-order valence-electron chi connectivity index (χ1n) is 4.90. The van der Waals surface area contributed by atoms with Gasteiger partial charge in [0.15, 0.2) is 5.78 Å². The Morgan fingerprint density at radius 1 is 1.19 bits per heavy atom. The third-order valence-corrected chi connectivity index (χ3v) is 2.31. The quantitative estimate of drug-likeness (QED) is 0.720. The molecule has 0 unspecified atom stereocenters. The van der Waals surface area contributed by atoms with Gasteiger partial charge in [-0.3, -0.25) is 9.78 Å². The number of nitrogens with zero attached hydrogens (tertiary/aromatic N) is 1. The lowest BCUT2D eigenvalue weighted by atomic mass is 10.1. The van der Waals surface area contributed by atoms with Crippen molar-refractivity contribution in [3.63, 3.8) is 0 Å². The highest BCUT2D eigenvalue weighted by atomic mass is 19.1. The lowest BCUT2D eigenvalue weighted by molar-refractivity contribution is 0.101. The Balaban J connectivity index is 2.43. The van der Waals surface area contributed by atoms with Gasteiger partial charge >= 0.3 is 0 Å². The van der Waals surface area contributed by atoms with Crippen molar-refractivity contribution < 1.29 is 9.18 Å². The van der Waals surface area contributed by atoms with Crippen LogP contribution in [-0.4, -0.2) is 10.8 Å². The third kappa shape index (κ3) is 1.98. The van der Waals surface area contributed by atoms with Gasteiger partial charge in [-0.1, -0.05) is 24.3 Å². The molecule has 80 valence electrons. The molecule has 0 N–H and O–H groups in total. The second-order valence-corrected chi connectivity index (χ2v) is 3.47. The van der Waals surface area contributed by atoms with Crippen LogP contribution in [0.5, 0.6) is 0 Å². The molecule has 2 aromatic rings. The molecule has 0 saturated heterocycles. The van der Waals surface area contributed by atoms with E-state index >= 15 is 0 Å². The van der Waals surface area contributed by atoms with Gasteiger partial charge in [0.05, 0.1) is 0 Å². The molecule has 1 aromatic heterocycles. The summed E-state index contributed by atoms with van der Waals surface area (Å²) in [5, 5.41) is 0. The Morgan fingerprint density at radius 3 is 2.50 bits per heavy atom. The van der Waals surface area contributed by atoms with E-state index in [0.717, 1.165) is 0 Å². The Bertz CT molecular complexity index is 520. The van der Waals surface area contributed by atoms with E-state index in [1.165, 1.54) is 19.2 Å². The van der Waals surface area contributed by atoms with E-state index in [1.807, 2.05) is 0 Å². The van der Waals surface area contributed by atoms with Crippen LogP contribution in [0.4, 0.5) is 4.39 Å². The molecule has 0 aliphatic heterocycles. The number of pyridine rings is 1. The summed E-state index contributed by atoms with van der Waals surface area (Å²) in [6, 6.07) is 9.77. The highest BCUT2D eigenvalue weighted by Crippen LogP contribution is 2.21. The van der Waals surface area contributed by atoms with Crippen LogP contribution in [-0.2, 0) is 0 Å². The second-order valence-electron chi connectivity index (χ2n) is 3.47.